The summed E-state index contributed by atoms with van der Waals surface area (Å²) in [6.07, 6.45) is 5.12. The van der Waals surface area contributed by atoms with Crippen LogP contribution in [0.2, 0.25) is 0 Å². The fourth-order valence-corrected chi connectivity index (χ4v) is 4.38. The van der Waals surface area contributed by atoms with Crippen LogP contribution < -0.4 is 10.6 Å². The van der Waals surface area contributed by atoms with Crippen LogP contribution in [0.4, 0.5) is 0 Å². The Labute approximate surface area is 167 Å². The Bertz CT molecular complexity index is 624. The van der Waals surface area contributed by atoms with Crippen molar-refractivity contribution in [1.29, 1.82) is 0 Å². The maximum absolute atomic E-state index is 4.44. The summed E-state index contributed by atoms with van der Waals surface area (Å²) in [5.74, 6) is 1.65. The molecule has 5 heteroatoms. The summed E-state index contributed by atoms with van der Waals surface area (Å²) >= 11 is 3.60. The number of hydrogen-bond donors (Lipinski definition) is 2. The first-order valence-electron chi connectivity index (χ1n) is 9.97. The maximum Gasteiger partial charge on any atom is 0.191 e. The van der Waals surface area contributed by atoms with Crippen molar-refractivity contribution in [2.24, 2.45) is 10.9 Å². The lowest BCUT2D eigenvalue weighted by Gasteiger charge is -2.35. The molecule has 0 bridgehead atoms. The van der Waals surface area contributed by atoms with Crippen LogP contribution in [0.3, 0.4) is 0 Å². The van der Waals surface area contributed by atoms with Gasteiger partial charge in [0, 0.05) is 42.6 Å². The molecule has 1 aromatic carbocycles. The number of nitrogens with zero attached hydrogens (tertiary/aromatic N) is 2. The molecule has 0 spiro atoms. The van der Waals surface area contributed by atoms with E-state index < -0.39 is 0 Å². The van der Waals surface area contributed by atoms with E-state index in [0.29, 0.717) is 12.0 Å². The first-order valence-corrected chi connectivity index (χ1v) is 10.8. The van der Waals surface area contributed by atoms with Crippen LogP contribution >= 0.6 is 15.9 Å². The Morgan fingerprint density at radius 3 is 2.81 bits per heavy atom. The summed E-state index contributed by atoms with van der Waals surface area (Å²) in [6, 6.07) is 9.38. The minimum atomic E-state index is 0.278. The van der Waals surface area contributed by atoms with Crippen LogP contribution in [0.15, 0.2) is 33.7 Å². The lowest BCUT2D eigenvalue weighted by molar-refractivity contribution is 0.141. The topological polar surface area (TPSA) is 39.7 Å². The predicted molar refractivity (Wildman–Crippen MR) is 114 cm³/mol. The second-order valence-corrected chi connectivity index (χ2v) is 9.11. The van der Waals surface area contributed by atoms with E-state index in [1.54, 1.807) is 0 Å². The number of halogens is 1. The van der Waals surface area contributed by atoms with Gasteiger partial charge in [-0.05, 0) is 69.7 Å². The summed E-state index contributed by atoms with van der Waals surface area (Å²) in [7, 11) is 1.87. The average Bonchev–Trinajstić information content (AvgIpc) is 3.43. The molecule has 144 valence electrons. The molecule has 1 saturated carbocycles. The van der Waals surface area contributed by atoms with Crippen molar-refractivity contribution in [3.63, 3.8) is 0 Å². The largest absolute Gasteiger partial charge is 0.356 e. The molecular weight excluding hydrogens is 388 g/mol. The number of nitrogens with one attached hydrogen (secondary N) is 2. The normalized spacial score (nSPS) is 23.1. The van der Waals surface area contributed by atoms with Gasteiger partial charge in [-0.3, -0.25) is 4.99 Å². The molecular formula is C21H33BrN4. The fourth-order valence-electron chi connectivity index (χ4n) is 3.98. The third kappa shape index (κ3) is 5.01. The molecule has 26 heavy (non-hydrogen) atoms. The Balaban J connectivity index is 1.48. The van der Waals surface area contributed by atoms with Crippen molar-refractivity contribution < 1.29 is 0 Å². The monoisotopic (exact) mass is 420 g/mol. The van der Waals surface area contributed by atoms with E-state index in [1.807, 2.05) is 7.05 Å². The molecule has 2 aliphatic rings. The molecule has 4 nitrogen and oxygen atoms in total. The van der Waals surface area contributed by atoms with Gasteiger partial charge in [0.15, 0.2) is 5.96 Å². The van der Waals surface area contributed by atoms with E-state index in [1.165, 1.54) is 44.3 Å². The number of benzene rings is 1. The van der Waals surface area contributed by atoms with Gasteiger partial charge in [-0.15, -0.1) is 0 Å². The molecule has 1 atom stereocenters. The first-order chi connectivity index (χ1) is 12.5. The summed E-state index contributed by atoms with van der Waals surface area (Å²) in [4.78, 5) is 7.04. The summed E-state index contributed by atoms with van der Waals surface area (Å²) in [6.45, 7) is 9.00. The molecule has 2 N–H and O–H groups in total. The van der Waals surface area contributed by atoms with Gasteiger partial charge in [0.25, 0.3) is 0 Å². The quantitative estimate of drug-likeness (QED) is 0.543. The first kappa shape index (κ1) is 19.7. The third-order valence-corrected chi connectivity index (χ3v) is 6.44. The van der Waals surface area contributed by atoms with Crippen LogP contribution in [0.1, 0.15) is 45.1 Å². The Hall–Kier alpha value is -1.07. The Kier molecular flexibility index (Phi) is 6.62. The highest BCUT2D eigenvalue weighted by Crippen LogP contribution is 2.48. The molecule has 0 aromatic heterocycles. The molecule has 0 radical (unpaired) electrons. The van der Waals surface area contributed by atoms with Crippen molar-refractivity contribution in [2.45, 2.75) is 51.0 Å². The van der Waals surface area contributed by atoms with Crippen molar-refractivity contribution in [2.75, 3.05) is 33.2 Å². The second-order valence-electron chi connectivity index (χ2n) is 8.19. The lowest BCUT2D eigenvalue weighted by atomic mass is 9.96. The summed E-state index contributed by atoms with van der Waals surface area (Å²) in [5.41, 5.74) is 1.70. The highest BCUT2D eigenvalue weighted by atomic mass is 79.9. The van der Waals surface area contributed by atoms with Crippen LogP contribution in [0.25, 0.3) is 0 Å². The SMILES string of the molecule is CN=C(NCC1CCCN(C(C)C)C1)NCC1(c2cccc(Br)c2)CC1. The van der Waals surface area contributed by atoms with Crippen molar-refractivity contribution in [3.8, 4) is 0 Å². The van der Waals surface area contributed by atoms with E-state index in [-0.39, 0.29) is 5.41 Å². The van der Waals surface area contributed by atoms with Gasteiger partial charge in [-0.1, -0.05) is 28.1 Å². The molecule has 1 saturated heterocycles. The molecule has 0 amide bonds. The predicted octanol–water partition coefficient (Wildman–Crippen LogP) is 3.77. The number of aliphatic imine (C=N–C) groups is 1. The van der Waals surface area contributed by atoms with Crippen LogP contribution in [0.5, 0.6) is 0 Å². The second kappa shape index (κ2) is 8.75. The van der Waals surface area contributed by atoms with Gasteiger partial charge in [-0.2, -0.15) is 0 Å². The zero-order valence-electron chi connectivity index (χ0n) is 16.4. The van der Waals surface area contributed by atoms with Gasteiger partial charge in [0.2, 0.25) is 0 Å². The Morgan fingerprint density at radius 1 is 1.35 bits per heavy atom. The Morgan fingerprint density at radius 2 is 2.15 bits per heavy atom. The minimum absolute atomic E-state index is 0.278. The van der Waals surface area contributed by atoms with Gasteiger partial charge >= 0.3 is 0 Å². The highest BCUT2D eigenvalue weighted by molar-refractivity contribution is 9.10. The molecule has 1 aliphatic heterocycles. The molecule has 3 rings (SSSR count). The van der Waals surface area contributed by atoms with E-state index >= 15 is 0 Å². The number of likely N-dealkylation sites (tertiary alicyclic amines) is 1. The number of guanidine groups is 1. The van der Waals surface area contributed by atoms with Gasteiger partial charge < -0.3 is 15.5 Å². The minimum Gasteiger partial charge on any atom is -0.356 e. The number of hydrogen-bond acceptors (Lipinski definition) is 2. The molecule has 1 aliphatic carbocycles. The standard InChI is InChI=1S/C21H33BrN4/c1-16(2)26-11-5-6-17(14-26)13-24-20(23-3)25-15-21(9-10-21)18-7-4-8-19(22)12-18/h4,7-8,12,16-17H,5-6,9-11,13-15H2,1-3H3,(H2,23,24,25). The van der Waals surface area contributed by atoms with E-state index in [0.717, 1.165) is 23.5 Å². The zero-order chi connectivity index (χ0) is 18.6. The van der Waals surface area contributed by atoms with E-state index in [4.69, 9.17) is 0 Å². The number of rotatable bonds is 6. The van der Waals surface area contributed by atoms with Gasteiger partial charge in [0.1, 0.15) is 0 Å². The molecule has 2 fully saturated rings. The maximum atomic E-state index is 4.44. The van der Waals surface area contributed by atoms with Crippen molar-refractivity contribution in [1.82, 2.24) is 15.5 Å². The summed E-state index contributed by atoms with van der Waals surface area (Å²) < 4.78 is 1.16. The average molecular weight is 421 g/mol. The molecule has 1 aromatic rings. The van der Waals surface area contributed by atoms with Crippen molar-refractivity contribution >= 4 is 21.9 Å². The van der Waals surface area contributed by atoms with E-state index in [9.17, 15) is 0 Å². The van der Waals surface area contributed by atoms with E-state index in [2.05, 4.69) is 74.6 Å². The van der Waals surface area contributed by atoms with Crippen LogP contribution in [0, 0.1) is 5.92 Å². The van der Waals surface area contributed by atoms with Gasteiger partial charge in [-0.25, -0.2) is 0 Å². The highest BCUT2D eigenvalue weighted by Gasteiger charge is 2.44. The zero-order valence-corrected chi connectivity index (χ0v) is 18.0. The van der Waals surface area contributed by atoms with Gasteiger partial charge in [0.05, 0.1) is 0 Å². The smallest absolute Gasteiger partial charge is 0.191 e. The summed E-state index contributed by atoms with van der Waals surface area (Å²) in [5, 5.41) is 7.14. The molecule has 1 unspecified atom stereocenters. The number of piperidine rings is 1. The molecule has 1 heterocycles. The lowest BCUT2D eigenvalue weighted by Crippen LogP contribution is -2.47. The fraction of sp³-hybridized carbons (Fsp3) is 0.667. The van der Waals surface area contributed by atoms with Crippen molar-refractivity contribution in [3.05, 3.63) is 34.3 Å². The van der Waals surface area contributed by atoms with Crippen LogP contribution in [-0.2, 0) is 5.41 Å². The third-order valence-electron chi connectivity index (χ3n) is 5.95. The van der Waals surface area contributed by atoms with Crippen LogP contribution in [-0.4, -0.2) is 50.1 Å².